The largest absolute Gasteiger partial charge is 0.478 e. The summed E-state index contributed by atoms with van der Waals surface area (Å²) in [5, 5.41) is 3.93. The Morgan fingerprint density at radius 2 is 2.12 bits per heavy atom. The van der Waals surface area contributed by atoms with Crippen molar-refractivity contribution in [2.45, 2.75) is 13.5 Å². The summed E-state index contributed by atoms with van der Waals surface area (Å²) in [5.41, 5.74) is 0.845. The maximum absolute atomic E-state index is 5.15. The molecule has 2 rings (SSSR count). The highest BCUT2D eigenvalue weighted by Crippen LogP contribution is 2.22. The molecule has 0 aliphatic rings. The maximum Gasteiger partial charge on any atom is 0.257 e. The number of aryl methyl sites for hydroxylation is 1. The average Bonchev–Trinajstić information content (AvgIpc) is 2.74. The lowest BCUT2D eigenvalue weighted by Gasteiger charge is -2.17. The fourth-order valence-corrected chi connectivity index (χ4v) is 1.53. The van der Waals surface area contributed by atoms with E-state index in [0.29, 0.717) is 18.2 Å². The molecule has 0 saturated carbocycles. The molecule has 2 aromatic heterocycles. The average molecular weight is 234 g/mol. The van der Waals surface area contributed by atoms with Gasteiger partial charge in [0.15, 0.2) is 5.82 Å². The summed E-state index contributed by atoms with van der Waals surface area (Å²) < 4.78 is 10.2. The Labute approximate surface area is 99.2 Å². The van der Waals surface area contributed by atoms with Crippen molar-refractivity contribution in [2.75, 3.05) is 19.1 Å². The zero-order valence-corrected chi connectivity index (χ0v) is 10.0. The van der Waals surface area contributed by atoms with E-state index >= 15 is 0 Å². The van der Waals surface area contributed by atoms with Crippen LogP contribution in [0.15, 0.2) is 23.0 Å². The molecule has 0 N–H and O–H groups in total. The molecule has 90 valence electrons. The minimum absolute atomic E-state index is 0.496. The van der Waals surface area contributed by atoms with E-state index in [9.17, 15) is 0 Å². The van der Waals surface area contributed by atoms with Gasteiger partial charge in [-0.25, -0.2) is 9.97 Å². The van der Waals surface area contributed by atoms with E-state index in [4.69, 9.17) is 9.26 Å². The van der Waals surface area contributed by atoms with Gasteiger partial charge in [0.1, 0.15) is 11.5 Å². The highest BCUT2D eigenvalue weighted by atomic mass is 16.5. The number of aromatic nitrogens is 3. The standard InChI is InChI=1S/C11H14N4O2/c1-8-6-9(14-17-8)7-15(2)10-11(16-3)13-5-4-12-10/h4-6H,7H2,1-3H3. The van der Waals surface area contributed by atoms with Gasteiger partial charge in [0.05, 0.1) is 13.7 Å². The SMILES string of the molecule is COc1nccnc1N(C)Cc1cc(C)on1. The van der Waals surface area contributed by atoms with Crippen molar-refractivity contribution in [3.63, 3.8) is 0 Å². The van der Waals surface area contributed by atoms with E-state index in [1.807, 2.05) is 24.9 Å². The third-order valence-electron chi connectivity index (χ3n) is 2.28. The second-order valence-electron chi connectivity index (χ2n) is 3.67. The lowest BCUT2D eigenvalue weighted by Crippen LogP contribution is -2.19. The molecule has 0 radical (unpaired) electrons. The number of rotatable bonds is 4. The molecular weight excluding hydrogens is 220 g/mol. The number of anilines is 1. The monoisotopic (exact) mass is 234 g/mol. The lowest BCUT2D eigenvalue weighted by atomic mass is 10.3. The van der Waals surface area contributed by atoms with Crippen LogP contribution >= 0.6 is 0 Å². The molecule has 6 heteroatoms. The molecule has 6 nitrogen and oxygen atoms in total. The van der Waals surface area contributed by atoms with Crippen molar-refractivity contribution in [3.8, 4) is 5.88 Å². The van der Waals surface area contributed by atoms with Crippen LogP contribution in [0.4, 0.5) is 5.82 Å². The Balaban J connectivity index is 2.16. The molecule has 17 heavy (non-hydrogen) atoms. The summed E-state index contributed by atoms with van der Waals surface area (Å²) in [4.78, 5) is 10.2. The van der Waals surface area contributed by atoms with Gasteiger partial charge in [-0.15, -0.1) is 0 Å². The van der Waals surface area contributed by atoms with Crippen molar-refractivity contribution in [3.05, 3.63) is 29.9 Å². The first-order valence-electron chi connectivity index (χ1n) is 5.19. The van der Waals surface area contributed by atoms with Crippen LogP contribution in [0.3, 0.4) is 0 Å². The third kappa shape index (κ3) is 2.52. The topological polar surface area (TPSA) is 64.3 Å². The van der Waals surface area contributed by atoms with Gasteiger partial charge in [0, 0.05) is 25.5 Å². The first-order chi connectivity index (χ1) is 8.20. The molecule has 0 aliphatic carbocycles. The first-order valence-corrected chi connectivity index (χ1v) is 5.19. The molecule has 0 unspecified atom stereocenters. The molecule has 0 aliphatic heterocycles. The molecule has 0 spiro atoms. The van der Waals surface area contributed by atoms with Crippen LogP contribution in [-0.4, -0.2) is 29.3 Å². The zero-order valence-electron chi connectivity index (χ0n) is 10.0. The molecule has 0 fully saturated rings. The van der Waals surface area contributed by atoms with Gasteiger partial charge < -0.3 is 14.2 Å². The van der Waals surface area contributed by atoms with Crippen LogP contribution in [0.1, 0.15) is 11.5 Å². The fourth-order valence-electron chi connectivity index (χ4n) is 1.53. The van der Waals surface area contributed by atoms with Crippen LogP contribution in [-0.2, 0) is 6.54 Å². The summed E-state index contributed by atoms with van der Waals surface area (Å²) in [6.45, 7) is 2.45. The van der Waals surface area contributed by atoms with Gasteiger partial charge in [-0.2, -0.15) is 0 Å². The van der Waals surface area contributed by atoms with E-state index < -0.39 is 0 Å². The summed E-state index contributed by atoms with van der Waals surface area (Å²) in [7, 11) is 3.47. The van der Waals surface area contributed by atoms with E-state index in [0.717, 1.165) is 11.5 Å². The molecule has 0 aromatic carbocycles. The summed E-state index contributed by atoms with van der Waals surface area (Å²) in [5.74, 6) is 1.96. The normalized spacial score (nSPS) is 10.3. The molecule has 2 heterocycles. The van der Waals surface area contributed by atoms with Crippen molar-refractivity contribution in [1.82, 2.24) is 15.1 Å². The maximum atomic E-state index is 5.15. The van der Waals surface area contributed by atoms with Crippen molar-refractivity contribution < 1.29 is 9.26 Å². The van der Waals surface area contributed by atoms with Crippen molar-refractivity contribution in [2.24, 2.45) is 0 Å². The molecular formula is C11H14N4O2. The number of nitrogens with zero attached hydrogens (tertiary/aromatic N) is 4. The van der Waals surface area contributed by atoms with Crippen LogP contribution in [0.5, 0.6) is 5.88 Å². The van der Waals surface area contributed by atoms with Gasteiger partial charge in [-0.1, -0.05) is 5.16 Å². The van der Waals surface area contributed by atoms with Gasteiger partial charge in [0.2, 0.25) is 0 Å². The van der Waals surface area contributed by atoms with Crippen LogP contribution in [0.2, 0.25) is 0 Å². The second kappa shape index (κ2) is 4.82. The van der Waals surface area contributed by atoms with Crippen LogP contribution < -0.4 is 9.64 Å². The third-order valence-corrected chi connectivity index (χ3v) is 2.28. The minimum atomic E-state index is 0.496. The smallest absolute Gasteiger partial charge is 0.257 e. The molecule has 0 bridgehead atoms. The first kappa shape index (κ1) is 11.4. The van der Waals surface area contributed by atoms with Crippen LogP contribution in [0, 0.1) is 6.92 Å². The zero-order chi connectivity index (χ0) is 12.3. The van der Waals surface area contributed by atoms with Gasteiger partial charge in [-0.05, 0) is 6.92 Å². The Kier molecular flexibility index (Phi) is 3.22. The van der Waals surface area contributed by atoms with Gasteiger partial charge in [0.25, 0.3) is 5.88 Å². The quantitative estimate of drug-likeness (QED) is 0.797. The molecule has 0 amide bonds. The fraction of sp³-hybridized carbons (Fsp3) is 0.364. The highest BCUT2D eigenvalue weighted by molar-refractivity contribution is 5.47. The summed E-state index contributed by atoms with van der Waals surface area (Å²) >= 11 is 0. The Morgan fingerprint density at radius 3 is 2.76 bits per heavy atom. The minimum Gasteiger partial charge on any atom is -0.478 e. The van der Waals surface area contributed by atoms with E-state index in [1.165, 1.54) is 0 Å². The summed E-state index contributed by atoms with van der Waals surface area (Å²) in [6, 6.07) is 1.89. The summed E-state index contributed by atoms with van der Waals surface area (Å²) in [6.07, 6.45) is 3.22. The van der Waals surface area contributed by atoms with Crippen LogP contribution in [0.25, 0.3) is 0 Å². The second-order valence-corrected chi connectivity index (χ2v) is 3.67. The number of hydrogen-bond donors (Lipinski definition) is 0. The Hall–Kier alpha value is -2.11. The molecule has 2 aromatic rings. The van der Waals surface area contributed by atoms with E-state index in [1.54, 1.807) is 19.5 Å². The van der Waals surface area contributed by atoms with Gasteiger partial charge in [-0.3, -0.25) is 0 Å². The van der Waals surface area contributed by atoms with Gasteiger partial charge >= 0.3 is 0 Å². The number of hydrogen-bond acceptors (Lipinski definition) is 6. The number of ether oxygens (including phenoxy) is 1. The lowest BCUT2D eigenvalue weighted by molar-refractivity contribution is 0.388. The van der Waals surface area contributed by atoms with Crippen molar-refractivity contribution >= 4 is 5.82 Å². The predicted octanol–water partition coefficient (Wildman–Crippen LogP) is 1.42. The van der Waals surface area contributed by atoms with E-state index in [2.05, 4.69) is 15.1 Å². The Morgan fingerprint density at radius 1 is 1.35 bits per heavy atom. The predicted molar refractivity (Wildman–Crippen MR) is 61.9 cm³/mol. The Bertz CT molecular complexity index is 498. The molecule has 0 saturated heterocycles. The van der Waals surface area contributed by atoms with Crippen molar-refractivity contribution in [1.29, 1.82) is 0 Å². The van der Waals surface area contributed by atoms with E-state index in [-0.39, 0.29) is 0 Å². The number of methoxy groups -OCH3 is 1. The highest BCUT2D eigenvalue weighted by Gasteiger charge is 2.12. The molecule has 0 atom stereocenters.